The fourth-order valence-corrected chi connectivity index (χ4v) is 1.57. The quantitative estimate of drug-likeness (QED) is 0.477. The van der Waals surface area contributed by atoms with Crippen LogP contribution in [0.2, 0.25) is 0 Å². The smallest absolute Gasteiger partial charge is 0.0406 e. The summed E-state index contributed by atoms with van der Waals surface area (Å²) < 4.78 is 0. The molecule has 0 spiro atoms. The van der Waals surface area contributed by atoms with Gasteiger partial charge in [0.25, 0.3) is 0 Å². The van der Waals surface area contributed by atoms with E-state index in [4.69, 9.17) is 0 Å². The van der Waals surface area contributed by atoms with Crippen LogP contribution in [0, 0.1) is 17.3 Å². The summed E-state index contributed by atoms with van der Waals surface area (Å²) in [7, 11) is 3.31. The van der Waals surface area contributed by atoms with E-state index in [2.05, 4.69) is 27.4 Å². The van der Waals surface area contributed by atoms with Gasteiger partial charge in [-0.15, -0.1) is 5.50 Å². The second kappa shape index (κ2) is 3.21. The van der Waals surface area contributed by atoms with Crippen molar-refractivity contribution in [1.82, 2.24) is 5.32 Å². The highest BCUT2D eigenvalue weighted by molar-refractivity contribution is 5.95. The van der Waals surface area contributed by atoms with Gasteiger partial charge in [-0.05, 0) is 18.9 Å². The predicted molar refractivity (Wildman–Crippen MR) is 39.8 cm³/mol. The molecule has 1 heterocycles. The van der Waals surface area contributed by atoms with Crippen molar-refractivity contribution in [3.63, 3.8) is 0 Å². The van der Waals surface area contributed by atoms with Crippen molar-refractivity contribution in [3.05, 3.63) is 0 Å². The zero-order chi connectivity index (χ0) is 6.69. The summed E-state index contributed by atoms with van der Waals surface area (Å²) in [6.45, 7) is 4.54. The lowest BCUT2D eigenvalue weighted by molar-refractivity contribution is 0.335. The summed E-state index contributed by atoms with van der Waals surface area (Å²) in [4.78, 5) is 0. The van der Waals surface area contributed by atoms with E-state index in [9.17, 15) is 0 Å². The second-order valence-corrected chi connectivity index (χ2v) is 3.01. The lowest BCUT2D eigenvalue weighted by Gasteiger charge is -2.25. The molecule has 1 aliphatic rings. The summed E-state index contributed by atoms with van der Waals surface area (Å²) in [5, 5.41) is 3.32. The van der Waals surface area contributed by atoms with Crippen molar-refractivity contribution in [2.75, 3.05) is 13.1 Å². The summed E-state index contributed by atoms with van der Waals surface area (Å²) in [6, 6.07) is 0. The average molecular weight is 138 g/mol. The zero-order valence-corrected chi connectivity index (χ0v) is 6.78. The Morgan fingerprint density at radius 1 is 1.67 bits per heavy atom. The maximum absolute atomic E-state index is 3.32. The number of piperidine rings is 1. The molecule has 1 fully saturated rings. The summed E-state index contributed by atoms with van der Waals surface area (Å²) >= 11 is 0. The van der Waals surface area contributed by atoms with Gasteiger partial charge in [0, 0.05) is 22.1 Å². The minimum Gasteiger partial charge on any atom is -0.316 e. The maximum Gasteiger partial charge on any atom is 0.0406 e. The molecule has 0 bridgehead atoms. The fourth-order valence-electron chi connectivity index (χ4n) is 1.18. The Morgan fingerprint density at radius 3 is 2.89 bits per heavy atom. The molecule has 0 saturated carbocycles. The molecule has 0 aromatic rings. The van der Waals surface area contributed by atoms with Crippen LogP contribution in [0.4, 0.5) is 0 Å². The summed E-state index contributed by atoms with van der Waals surface area (Å²) in [6.07, 6.45) is 1.28. The molecule has 1 nitrogen and oxygen atoms in total. The third-order valence-electron chi connectivity index (χ3n) is 2.01. The molecule has 0 amide bonds. The molecule has 1 unspecified atom stereocenters. The van der Waals surface area contributed by atoms with Crippen molar-refractivity contribution in [1.29, 1.82) is 0 Å². The van der Waals surface area contributed by atoms with Crippen LogP contribution >= 0.6 is 0 Å². The van der Waals surface area contributed by atoms with Gasteiger partial charge in [-0.2, -0.15) is 0 Å². The highest BCUT2D eigenvalue weighted by Gasteiger charge is 2.17. The monoisotopic (exact) mass is 138 g/mol. The summed E-state index contributed by atoms with van der Waals surface area (Å²) in [5.74, 6) is 1.40. The molecule has 49 valence electrons. The molecule has 0 aromatic heterocycles. The van der Waals surface area contributed by atoms with E-state index in [1.165, 1.54) is 13.0 Å². The van der Waals surface area contributed by atoms with Gasteiger partial charge in [-0.25, -0.2) is 0 Å². The highest BCUT2D eigenvalue weighted by atomic mass is 28.1. The molecule has 0 aliphatic carbocycles. The van der Waals surface area contributed by atoms with Crippen LogP contribution in [0.1, 0.15) is 13.3 Å². The number of hydrogen-bond acceptors (Lipinski definition) is 1. The molecular weight excluding hydrogens is 126 g/mol. The van der Waals surface area contributed by atoms with Gasteiger partial charge in [0.2, 0.25) is 0 Å². The fraction of sp³-hybridized carbons (Fsp3) is 0.857. The first-order valence-corrected chi connectivity index (χ1v) is 3.97. The van der Waals surface area contributed by atoms with E-state index >= 15 is 0 Å². The maximum atomic E-state index is 3.32. The van der Waals surface area contributed by atoms with E-state index in [0.717, 1.165) is 12.5 Å². The Morgan fingerprint density at radius 2 is 2.44 bits per heavy atom. The van der Waals surface area contributed by atoms with Gasteiger partial charge in [-0.1, -0.05) is 6.92 Å². The first-order chi connectivity index (χ1) is 4.34. The SMILES string of the molecule is C[C@H]1CCNCC1C#[Si]. The van der Waals surface area contributed by atoms with Crippen LogP contribution in [-0.4, -0.2) is 22.8 Å². The molecule has 1 N–H and O–H groups in total. The minimum absolute atomic E-state index is 0.607. The van der Waals surface area contributed by atoms with Gasteiger partial charge < -0.3 is 5.32 Å². The lowest BCUT2D eigenvalue weighted by atomic mass is 9.90. The van der Waals surface area contributed by atoms with Crippen LogP contribution < -0.4 is 5.32 Å². The Labute approximate surface area is 59.5 Å². The average Bonchev–Trinajstić information content (AvgIpc) is 1.89. The van der Waals surface area contributed by atoms with E-state index in [0.29, 0.717) is 5.92 Å². The van der Waals surface area contributed by atoms with Crippen molar-refractivity contribution >= 4 is 9.68 Å². The van der Waals surface area contributed by atoms with Crippen molar-refractivity contribution < 1.29 is 0 Å². The molecule has 9 heavy (non-hydrogen) atoms. The minimum atomic E-state index is 0.607. The Hall–Kier alpha value is -0.0431. The second-order valence-electron chi connectivity index (χ2n) is 2.72. The number of rotatable bonds is 0. The van der Waals surface area contributed by atoms with E-state index < -0.39 is 0 Å². The standard InChI is InChI=1S/C7H12NSi/c1-6-2-3-8-4-7(6)5-9/h6-8H,2-4H2,1H3/t6-,7?/m0/s1. The lowest BCUT2D eigenvalue weighted by Crippen LogP contribution is -2.34. The predicted octanol–water partition coefficient (Wildman–Crippen LogP) is 0.360. The molecular formula is C7H12NSi. The highest BCUT2D eigenvalue weighted by Crippen LogP contribution is 2.16. The van der Waals surface area contributed by atoms with Crippen molar-refractivity contribution in [3.8, 4) is 5.50 Å². The molecule has 2 heteroatoms. The van der Waals surface area contributed by atoms with Crippen LogP contribution in [0.15, 0.2) is 0 Å². The molecule has 1 rings (SSSR count). The van der Waals surface area contributed by atoms with Gasteiger partial charge in [0.1, 0.15) is 0 Å². The van der Waals surface area contributed by atoms with Crippen LogP contribution in [0.5, 0.6) is 0 Å². The van der Waals surface area contributed by atoms with Crippen molar-refractivity contribution in [2.45, 2.75) is 13.3 Å². The Kier molecular flexibility index (Phi) is 2.52. The van der Waals surface area contributed by atoms with Crippen molar-refractivity contribution in [2.24, 2.45) is 11.8 Å². The third kappa shape index (κ3) is 1.68. The Balaban J connectivity index is 2.41. The van der Waals surface area contributed by atoms with Crippen LogP contribution in [-0.2, 0) is 0 Å². The number of hydrogen-bond donors (Lipinski definition) is 1. The van der Waals surface area contributed by atoms with Crippen LogP contribution in [0.25, 0.3) is 0 Å². The summed E-state index contributed by atoms with van der Waals surface area (Å²) in [5.41, 5.74) is 3.10. The number of nitrogens with one attached hydrogen (secondary N) is 1. The van der Waals surface area contributed by atoms with Gasteiger partial charge in [0.15, 0.2) is 0 Å². The first kappa shape index (κ1) is 7.07. The Bertz CT molecular complexity index is 127. The largest absolute Gasteiger partial charge is 0.316 e. The third-order valence-corrected chi connectivity index (χ3v) is 2.38. The zero-order valence-electron chi connectivity index (χ0n) is 5.78. The molecule has 2 atom stereocenters. The molecule has 1 radical (unpaired) electrons. The van der Waals surface area contributed by atoms with Gasteiger partial charge >= 0.3 is 0 Å². The van der Waals surface area contributed by atoms with Gasteiger partial charge in [-0.3, -0.25) is 0 Å². The molecule has 1 saturated heterocycles. The molecule has 0 aromatic carbocycles. The van der Waals surface area contributed by atoms with E-state index in [1.807, 2.05) is 0 Å². The van der Waals surface area contributed by atoms with Crippen LogP contribution in [0.3, 0.4) is 0 Å². The van der Waals surface area contributed by atoms with E-state index in [1.54, 1.807) is 0 Å². The topological polar surface area (TPSA) is 12.0 Å². The van der Waals surface area contributed by atoms with Gasteiger partial charge in [0.05, 0.1) is 0 Å². The normalized spacial score (nSPS) is 35.6. The van der Waals surface area contributed by atoms with E-state index in [-0.39, 0.29) is 0 Å². The molecule has 1 aliphatic heterocycles. The first-order valence-electron chi connectivity index (χ1n) is 3.47.